The molecule has 0 aliphatic carbocycles. The zero-order valence-electron chi connectivity index (χ0n) is 9.11. The van der Waals surface area contributed by atoms with E-state index < -0.39 is 0 Å². The zero-order valence-corrected chi connectivity index (χ0v) is 9.86. The van der Waals surface area contributed by atoms with Crippen molar-refractivity contribution >= 4 is 17.4 Å². The Hall–Kier alpha value is -2.12. The van der Waals surface area contributed by atoms with Gasteiger partial charge in [-0.05, 0) is 19.1 Å². The lowest BCUT2D eigenvalue weighted by Crippen LogP contribution is -2.02. The predicted molar refractivity (Wildman–Crippen MR) is 66.3 cm³/mol. The minimum atomic E-state index is 0.176. The number of rotatable bonds is 1. The summed E-state index contributed by atoms with van der Waals surface area (Å²) in [5.41, 5.74) is 7.26. The molecule has 2 rings (SSSR count). The second kappa shape index (κ2) is 4.40. The Morgan fingerprint density at radius 1 is 1.29 bits per heavy atom. The number of nitrogens with two attached hydrogens (primary N) is 1. The first-order valence-corrected chi connectivity index (χ1v) is 5.30. The molecule has 0 aliphatic heterocycles. The molecular formula is C12H9ClN4. The van der Waals surface area contributed by atoms with E-state index in [-0.39, 0.29) is 5.82 Å². The maximum Gasteiger partial charge on any atom is 0.163 e. The highest BCUT2D eigenvalue weighted by molar-refractivity contribution is 6.33. The molecule has 0 saturated carbocycles. The van der Waals surface area contributed by atoms with E-state index in [0.717, 1.165) is 0 Å². The van der Waals surface area contributed by atoms with Gasteiger partial charge in [0.05, 0.1) is 10.7 Å². The summed E-state index contributed by atoms with van der Waals surface area (Å²) in [5.74, 6) is 0.611. The van der Waals surface area contributed by atoms with Crippen molar-refractivity contribution in [3.63, 3.8) is 0 Å². The van der Waals surface area contributed by atoms with Crippen LogP contribution in [0.4, 0.5) is 5.82 Å². The molecular weight excluding hydrogens is 236 g/mol. The Labute approximate surface area is 104 Å². The summed E-state index contributed by atoms with van der Waals surface area (Å²) in [6, 6.07) is 9.20. The molecule has 0 bridgehead atoms. The van der Waals surface area contributed by atoms with Crippen molar-refractivity contribution in [1.29, 1.82) is 5.26 Å². The van der Waals surface area contributed by atoms with Crippen molar-refractivity contribution in [2.24, 2.45) is 0 Å². The van der Waals surface area contributed by atoms with Gasteiger partial charge in [0.2, 0.25) is 0 Å². The van der Waals surface area contributed by atoms with Crippen molar-refractivity contribution in [3.05, 3.63) is 40.5 Å². The summed E-state index contributed by atoms with van der Waals surface area (Å²) in [6.45, 7) is 1.72. The number of nitriles is 1. The number of anilines is 1. The molecule has 1 heterocycles. The van der Waals surface area contributed by atoms with E-state index in [0.29, 0.717) is 27.7 Å². The lowest BCUT2D eigenvalue weighted by molar-refractivity contribution is 1.10. The Kier molecular flexibility index (Phi) is 2.94. The molecule has 0 fully saturated rings. The van der Waals surface area contributed by atoms with Gasteiger partial charge >= 0.3 is 0 Å². The number of halogens is 1. The van der Waals surface area contributed by atoms with E-state index in [1.807, 2.05) is 24.3 Å². The summed E-state index contributed by atoms with van der Waals surface area (Å²) < 4.78 is 0. The van der Waals surface area contributed by atoms with Crippen LogP contribution in [0.1, 0.15) is 11.3 Å². The normalized spacial score (nSPS) is 9.94. The van der Waals surface area contributed by atoms with Crippen molar-refractivity contribution in [2.45, 2.75) is 6.92 Å². The van der Waals surface area contributed by atoms with E-state index in [1.54, 1.807) is 13.0 Å². The summed E-state index contributed by atoms with van der Waals surface area (Å²) in [5, 5.41) is 9.43. The fraction of sp³-hybridized carbons (Fsp3) is 0.0833. The minimum absolute atomic E-state index is 0.176. The Bertz CT molecular complexity index is 593. The van der Waals surface area contributed by atoms with E-state index in [1.165, 1.54) is 0 Å². The van der Waals surface area contributed by atoms with E-state index in [2.05, 4.69) is 9.97 Å². The van der Waals surface area contributed by atoms with Crippen LogP contribution >= 0.6 is 11.6 Å². The van der Waals surface area contributed by atoms with Gasteiger partial charge in [-0.3, -0.25) is 0 Å². The van der Waals surface area contributed by atoms with Crippen LogP contribution in [0.3, 0.4) is 0 Å². The maximum atomic E-state index is 8.88. The molecule has 0 saturated heterocycles. The van der Waals surface area contributed by atoms with Gasteiger partial charge in [0.1, 0.15) is 17.5 Å². The first kappa shape index (κ1) is 11.4. The van der Waals surface area contributed by atoms with Crippen LogP contribution in [0.5, 0.6) is 0 Å². The molecule has 0 radical (unpaired) electrons. The first-order chi connectivity index (χ1) is 8.13. The van der Waals surface area contributed by atoms with Gasteiger partial charge in [0, 0.05) is 5.56 Å². The van der Waals surface area contributed by atoms with E-state index in [9.17, 15) is 0 Å². The van der Waals surface area contributed by atoms with Crippen LogP contribution in [0, 0.1) is 18.3 Å². The number of aromatic nitrogens is 2. The lowest BCUT2D eigenvalue weighted by Gasteiger charge is -2.06. The van der Waals surface area contributed by atoms with Crippen LogP contribution in [0.15, 0.2) is 24.3 Å². The van der Waals surface area contributed by atoms with Crippen LogP contribution in [-0.2, 0) is 0 Å². The smallest absolute Gasteiger partial charge is 0.163 e. The van der Waals surface area contributed by atoms with Gasteiger partial charge in [0.15, 0.2) is 5.82 Å². The standard InChI is InChI=1S/C12H9ClN4/c1-7-9(6-14)11(15)17-12(16-7)8-4-2-3-5-10(8)13/h2-5H,1H3,(H2,15,16,17). The zero-order chi connectivity index (χ0) is 12.4. The minimum Gasteiger partial charge on any atom is -0.382 e. The largest absolute Gasteiger partial charge is 0.382 e. The molecule has 0 spiro atoms. The highest BCUT2D eigenvalue weighted by Gasteiger charge is 2.11. The Morgan fingerprint density at radius 3 is 2.59 bits per heavy atom. The molecule has 5 heteroatoms. The van der Waals surface area contributed by atoms with Gasteiger partial charge in [-0.2, -0.15) is 5.26 Å². The average molecular weight is 245 g/mol. The number of hydrogen-bond donors (Lipinski definition) is 1. The topological polar surface area (TPSA) is 75.6 Å². The lowest BCUT2D eigenvalue weighted by atomic mass is 10.2. The number of nitrogen functional groups attached to an aromatic ring is 1. The molecule has 1 aromatic heterocycles. The molecule has 84 valence electrons. The molecule has 2 N–H and O–H groups in total. The summed E-state index contributed by atoms with van der Waals surface area (Å²) in [7, 11) is 0. The highest BCUT2D eigenvalue weighted by atomic mass is 35.5. The van der Waals surface area contributed by atoms with E-state index >= 15 is 0 Å². The van der Waals surface area contributed by atoms with Crippen molar-refractivity contribution in [1.82, 2.24) is 9.97 Å². The van der Waals surface area contributed by atoms with Gasteiger partial charge in [-0.25, -0.2) is 9.97 Å². The predicted octanol–water partition coefficient (Wildman–Crippen LogP) is 2.56. The van der Waals surface area contributed by atoms with Gasteiger partial charge in [0.25, 0.3) is 0 Å². The summed E-state index contributed by atoms with van der Waals surface area (Å²) in [6.07, 6.45) is 0. The third-order valence-electron chi connectivity index (χ3n) is 2.34. The van der Waals surface area contributed by atoms with Crippen LogP contribution in [0.2, 0.25) is 5.02 Å². The van der Waals surface area contributed by atoms with Crippen molar-refractivity contribution < 1.29 is 0 Å². The summed E-state index contributed by atoms with van der Waals surface area (Å²) >= 11 is 6.05. The monoisotopic (exact) mass is 244 g/mol. The fourth-order valence-corrected chi connectivity index (χ4v) is 1.72. The number of aryl methyl sites for hydroxylation is 1. The number of hydrogen-bond acceptors (Lipinski definition) is 4. The SMILES string of the molecule is Cc1nc(-c2ccccc2Cl)nc(N)c1C#N. The molecule has 1 aromatic carbocycles. The second-order valence-electron chi connectivity index (χ2n) is 3.48. The molecule has 17 heavy (non-hydrogen) atoms. The molecule has 0 atom stereocenters. The molecule has 0 aliphatic rings. The van der Waals surface area contributed by atoms with Gasteiger partial charge in [-0.1, -0.05) is 23.7 Å². The second-order valence-corrected chi connectivity index (χ2v) is 3.89. The average Bonchev–Trinajstić information content (AvgIpc) is 2.29. The number of benzene rings is 1. The Morgan fingerprint density at radius 2 is 2.00 bits per heavy atom. The van der Waals surface area contributed by atoms with Gasteiger partial charge < -0.3 is 5.73 Å². The Balaban J connectivity index is 2.64. The molecule has 4 nitrogen and oxygen atoms in total. The third-order valence-corrected chi connectivity index (χ3v) is 2.67. The summed E-state index contributed by atoms with van der Waals surface area (Å²) in [4.78, 5) is 8.33. The molecule has 2 aromatic rings. The highest BCUT2D eigenvalue weighted by Crippen LogP contribution is 2.26. The van der Waals surface area contributed by atoms with E-state index in [4.69, 9.17) is 22.6 Å². The van der Waals surface area contributed by atoms with Gasteiger partial charge in [-0.15, -0.1) is 0 Å². The van der Waals surface area contributed by atoms with Crippen LogP contribution in [0.25, 0.3) is 11.4 Å². The molecule has 0 unspecified atom stereocenters. The fourth-order valence-electron chi connectivity index (χ4n) is 1.50. The molecule has 0 amide bonds. The quantitative estimate of drug-likeness (QED) is 0.837. The first-order valence-electron chi connectivity index (χ1n) is 4.92. The number of nitrogens with zero attached hydrogens (tertiary/aromatic N) is 3. The third kappa shape index (κ3) is 2.05. The maximum absolute atomic E-state index is 8.88. The van der Waals surface area contributed by atoms with Crippen LogP contribution in [-0.4, -0.2) is 9.97 Å². The van der Waals surface area contributed by atoms with Crippen molar-refractivity contribution in [3.8, 4) is 17.5 Å². The van der Waals surface area contributed by atoms with Crippen molar-refractivity contribution in [2.75, 3.05) is 5.73 Å². The van der Waals surface area contributed by atoms with Crippen LogP contribution < -0.4 is 5.73 Å².